The van der Waals surface area contributed by atoms with Crippen LogP contribution in [0.25, 0.3) is 0 Å². The van der Waals surface area contributed by atoms with Gasteiger partial charge in [0.05, 0.1) is 11.3 Å². The van der Waals surface area contributed by atoms with Crippen LogP contribution in [0.2, 0.25) is 0 Å². The highest BCUT2D eigenvalue weighted by molar-refractivity contribution is 7.89. The summed E-state index contributed by atoms with van der Waals surface area (Å²) in [5.41, 5.74) is 0. The summed E-state index contributed by atoms with van der Waals surface area (Å²) in [4.78, 5) is 26.3. The van der Waals surface area contributed by atoms with E-state index in [-0.39, 0.29) is 35.9 Å². The first kappa shape index (κ1) is 22.3. The first-order valence-electron chi connectivity index (χ1n) is 9.38. The molecule has 1 heterocycles. The fraction of sp³-hybridized carbons (Fsp3) is 0.579. The molecule has 1 aliphatic heterocycles. The molecule has 3 atom stereocenters. The largest absolute Gasteiger partial charge is 0.452 e. The van der Waals surface area contributed by atoms with E-state index in [1.807, 2.05) is 13.8 Å². The summed E-state index contributed by atoms with van der Waals surface area (Å²) in [6.45, 7) is 5.30. The van der Waals surface area contributed by atoms with E-state index in [1.165, 1.54) is 6.92 Å². The number of carbonyl (C=O) groups excluding carboxylic acids is 2. The van der Waals surface area contributed by atoms with Crippen LogP contribution >= 0.6 is 0 Å². The van der Waals surface area contributed by atoms with Gasteiger partial charge in [0.2, 0.25) is 10.0 Å². The highest BCUT2D eigenvalue weighted by atomic mass is 32.2. The number of hydrogen-bond donors (Lipinski definition) is 1. The van der Waals surface area contributed by atoms with Gasteiger partial charge in [-0.1, -0.05) is 0 Å². The first-order chi connectivity index (χ1) is 13.1. The van der Waals surface area contributed by atoms with Gasteiger partial charge in [0.25, 0.3) is 5.91 Å². The standard InChI is InChI=1S/C19H27FN2O5S/c1-13-5-4-6-14(2)22(13)19(24)15(3)27-18(23)11-12-21-28(25,26)17-9-7-16(20)8-10-17/h7-10,13-15,21H,4-6,11-12H2,1-3H3/t13-,14+,15-/m0/s1. The van der Waals surface area contributed by atoms with Gasteiger partial charge in [-0.25, -0.2) is 17.5 Å². The number of hydrogen-bond acceptors (Lipinski definition) is 5. The van der Waals surface area contributed by atoms with Crippen molar-refractivity contribution < 1.29 is 27.1 Å². The smallest absolute Gasteiger partial charge is 0.307 e. The molecular weight excluding hydrogens is 387 g/mol. The second-order valence-electron chi connectivity index (χ2n) is 7.11. The van der Waals surface area contributed by atoms with E-state index in [0.29, 0.717) is 0 Å². The van der Waals surface area contributed by atoms with Gasteiger partial charge >= 0.3 is 5.97 Å². The molecular formula is C19H27FN2O5S. The zero-order valence-corrected chi connectivity index (χ0v) is 17.2. The minimum Gasteiger partial charge on any atom is -0.452 e. The van der Waals surface area contributed by atoms with E-state index >= 15 is 0 Å². The normalized spacial score (nSPS) is 21.2. The minimum atomic E-state index is -3.85. The van der Waals surface area contributed by atoms with Gasteiger partial charge in [0.15, 0.2) is 6.10 Å². The van der Waals surface area contributed by atoms with Crippen LogP contribution in [0.3, 0.4) is 0 Å². The Hall–Kier alpha value is -2.00. The van der Waals surface area contributed by atoms with E-state index in [0.717, 1.165) is 43.5 Å². The first-order valence-corrected chi connectivity index (χ1v) is 10.9. The van der Waals surface area contributed by atoms with Gasteiger partial charge in [0, 0.05) is 18.6 Å². The Bertz CT molecular complexity index is 787. The van der Waals surface area contributed by atoms with Crippen molar-refractivity contribution in [1.82, 2.24) is 9.62 Å². The summed E-state index contributed by atoms with van der Waals surface area (Å²) in [5.74, 6) is -1.45. The molecule has 7 nitrogen and oxygen atoms in total. The van der Waals surface area contributed by atoms with Gasteiger partial charge in [-0.2, -0.15) is 0 Å². The highest BCUT2D eigenvalue weighted by Gasteiger charge is 2.33. The Morgan fingerprint density at radius 3 is 2.36 bits per heavy atom. The molecule has 1 fully saturated rings. The van der Waals surface area contributed by atoms with Crippen molar-refractivity contribution in [3.05, 3.63) is 30.1 Å². The summed E-state index contributed by atoms with van der Waals surface area (Å²) in [6, 6.07) is 4.55. The monoisotopic (exact) mass is 414 g/mol. The van der Waals surface area contributed by atoms with Crippen LogP contribution < -0.4 is 4.72 Å². The molecule has 156 valence electrons. The Balaban J connectivity index is 1.83. The molecule has 1 saturated heterocycles. The number of carbonyl (C=O) groups is 2. The predicted molar refractivity (Wildman–Crippen MR) is 101 cm³/mol. The van der Waals surface area contributed by atoms with E-state index in [9.17, 15) is 22.4 Å². The molecule has 0 bridgehead atoms. The number of benzene rings is 1. The molecule has 1 aromatic rings. The number of nitrogens with one attached hydrogen (secondary N) is 1. The van der Waals surface area contributed by atoms with Gasteiger partial charge in [0.1, 0.15) is 5.82 Å². The van der Waals surface area contributed by atoms with Crippen LogP contribution in [-0.2, 0) is 24.3 Å². The third-order valence-corrected chi connectivity index (χ3v) is 6.33. The molecule has 28 heavy (non-hydrogen) atoms. The number of rotatable bonds is 7. The van der Waals surface area contributed by atoms with Gasteiger partial charge < -0.3 is 9.64 Å². The maximum absolute atomic E-state index is 12.9. The average Bonchev–Trinajstić information content (AvgIpc) is 2.61. The van der Waals surface area contributed by atoms with Gasteiger partial charge in [-0.3, -0.25) is 9.59 Å². The zero-order chi connectivity index (χ0) is 20.9. The molecule has 1 amide bonds. The number of amides is 1. The van der Waals surface area contributed by atoms with Crippen molar-refractivity contribution in [2.24, 2.45) is 0 Å². The SMILES string of the molecule is C[C@H](OC(=O)CCNS(=O)(=O)c1ccc(F)cc1)C(=O)N1[C@H](C)CCC[C@@H]1C. The van der Waals surface area contributed by atoms with E-state index in [2.05, 4.69) is 4.72 Å². The Morgan fingerprint density at radius 2 is 1.79 bits per heavy atom. The van der Waals surface area contributed by atoms with E-state index < -0.39 is 27.9 Å². The number of halogens is 1. The lowest BCUT2D eigenvalue weighted by Gasteiger charge is -2.40. The van der Waals surface area contributed by atoms with Crippen molar-refractivity contribution in [3.63, 3.8) is 0 Å². The zero-order valence-electron chi connectivity index (χ0n) is 16.4. The fourth-order valence-corrected chi connectivity index (χ4v) is 4.39. The summed E-state index contributed by atoms with van der Waals surface area (Å²) >= 11 is 0. The highest BCUT2D eigenvalue weighted by Crippen LogP contribution is 2.23. The van der Waals surface area contributed by atoms with E-state index in [1.54, 1.807) is 4.90 Å². The van der Waals surface area contributed by atoms with Crippen LogP contribution in [-0.4, -0.2) is 49.9 Å². The second-order valence-corrected chi connectivity index (χ2v) is 8.88. The molecule has 1 aliphatic rings. The second kappa shape index (κ2) is 9.47. The average molecular weight is 414 g/mol. The molecule has 2 rings (SSSR count). The van der Waals surface area contributed by atoms with E-state index in [4.69, 9.17) is 4.74 Å². The van der Waals surface area contributed by atoms with Crippen LogP contribution in [0.5, 0.6) is 0 Å². The van der Waals surface area contributed by atoms with Crippen LogP contribution in [0.4, 0.5) is 4.39 Å². The minimum absolute atomic E-state index is 0.0971. The maximum Gasteiger partial charge on any atom is 0.307 e. The molecule has 0 unspecified atom stereocenters. The number of esters is 1. The van der Waals surface area contributed by atoms with Crippen molar-refractivity contribution in [3.8, 4) is 0 Å². The Labute approximate surface area is 165 Å². The lowest BCUT2D eigenvalue weighted by Crippen LogP contribution is -2.51. The topological polar surface area (TPSA) is 92.8 Å². The third kappa shape index (κ3) is 5.75. The van der Waals surface area contributed by atoms with Crippen LogP contribution in [0, 0.1) is 5.82 Å². The summed E-state index contributed by atoms with van der Waals surface area (Å²) in [6.07, 6.45) is 1.76. The molecule has 1 N–H and O–H groups in total. The van der Waals surface area contributed by atoms with Crippen molar-refractivity contribution >= 4 is 21.9 Å². The van der Waals surface area contributed by atoms with Crippen LogP contribution in [0.1, 0.15) is 46.5 Å². The predicted octanol–water partition coefficient (Wildman–Crippen LogP) is 2.22. The third-order valence-electron chi connectivity index (χ3n) is 4.85. The molecule has 0 aliphatic carbocycles. The Morgan fingerprint density at radius 1 is 1.21 bits per heavy atom. The lowest BCUT2D eigenvalue weighted by molar-refractivity contribution is -0.162. The summed E-state index contributed by atoms with van der Waals surface area (Å²) in [5, 5.41) is 0. The van der Waals surface area contributed by atoms with Crippen LogP contribution in [0.15, 0.2) is 29.2 Å². The number of sulfonamides is 1. The molecule has 1 aromatic carbocycles. The summed E-state index contributed by atoms with van der Waals surface area (Å²) < 4.78 is 44.5. The molecule has 0 radical (unpaired) electrons. The van der Waals surface area contributed by atoms with Crippen molar-refractivity contribution in [2.45, 2.75) is 69.5 Å². The van der Waals surface area contributed by atoms with Gasteiger partial charge in [-0.15, -0.1) is 0 Å². The fourth-order valence-electron chi connectivity index (χ4n) is 3.36. The maximum atomic E-state index is 12.9. The number of piperidine rings is 1. The lowest BCUT2D eigenvalue weighted by atomic mass is 9.97. The number of likely N-dealkylation sites (tertiary alicyclic amines) is 1. The molecule has 9 heteroatoms. The summed E-state index contributed by atoms with van der Waals surface area (Å²) in [7, 11) is -3.85. The van der Waals surface area contributed by atoms with Crippen molar-refractivity contribution in [1.29, 1.82) is 0 Å². The molecule has 0 aromatic heterocycles. The molecule has 0 saturated carbocycles. The van der Waals surface area contributed by atoms with Gasteiger partial charge in [-0.05, 0) is 64.3 Å². The Kier molecular flexibility index (Phi) is 7.54. The van der Waals surface area contributed by atoms with Crippen molar-refractivity contribution in [2.75, 3.05) is 6.54 Å². The number of ether oxygens (including phenoxy) is 1. The molecule has 0 spiro atoms. The quantitative estimate of drug-likeness (QED) is 0.691. The number of nitrogens with zero attached hydrogens (tertiary/aromatic N) is 1.